The molecule has 0 aliphatic carbocycles. The van der Waals surface area contributed by atoms with Crippen LogP contribution in [-0.2, 0) is 4.79 Å². The summed E-state index contributed by atoms with van der Waals surface area (Å²) in [6.45, 7) is 0. The van der Waals surface area contributed by atoms with Crippen LogP contribution in [0.4, 0.5) is 11.4 Å². The zero-order valence-corrected chi connectivity index (χ0v) is 12.0. The summed E-state index contributed by atoms with van der Waals surface area (Å²) >= 11 is 1.37. The highest BCUT2D eigenvalue weighted by Crippen LogP contribution is 2.45. The summed E-state index contributed by atoms with van der Waals surface area (Å²) in [6, 6.07) is 12.8. The Morgan fingerprint density at radius 1 is 1.19 bits per heavy atom. The number of fused-ring (bicyclic) bond motifs is 1. The number of nitro benzene ring substituents is 1. The Morgan fingerprint density at radius 2 is 1.90 bits per heavy atom. The first kappa shape index (κ1) is 13.6. The van der Waals surface area contributed by atoms with Crippen LogP contribution in [0.25, 0.3) is 11.1 Å². The number of hydrogen-bond acceptors (Lipinski definition) is 4. The lowest BCUT2D eigenvalue weighted by Gasteiger charge is -2.08. The lowest BCUT2D eigenvalue weighted by molar-refractivity contribution is -0.383. The van der Waals surface area contributed by atoms with Gasteiger partial charge in [0.25, 0.3) is 5.69 Å². The van der Waals surface area contributed by atoms with Crippen molar-refractivity contribution in [1.29, 1.82) is 0 Å². The summed E-state index contributed by atoms with van der Waals surface area (Å²) in [5.74, 6) is -0.203. The van der Waals surface area contributed by atoms with Gasteiger partial charge in [-0.2, -0.15) is 0 Å². The quantitative estimate of drug-likeness (QED) is 0.694. The van der Waals surface area contributed by atoms with Gasteiger partial charge in [0, 0.05) is 11.6 Å². The van der Waals surface area contributed by atoms with Gasteiger partial charge in [0.15, 0.2) is 0 Å². The molecule has 0 fully saturated rings. The highest BCUT2D eigenvalue weighted by atomic mass is 32.2. The van der Waals surface area contributed by atoms with Crippen LogP contribution >= 0.6 is 11.8 Å². The summed E-state index contributed by atoms with van der Waals surface area (Å²) in [5.41, 5.74) is 2.58. The van der Waals surface area contributed by atoms with E-state index in [1.54, 1.807) is 0 Å². The van der Waals surface area contributed by atoms with E-state index in [1.807, 2.05) is 42.7 Å². The van der Waals surface area contributed by atoms with Gasteiger partial charge in [0.05, 0.1) is 4.92 Å². The Labute approximate surface area is 125 Å². The van der Waals surface area contributed by atoms with E-state index in [1.165, 1.54) is 17.8 Å². The molecule has 1 N–H and O–H groups in total. The van der Waals surface area contributed by atoms with Crippen molar-refractivity contribution in [3.05, 3.63) is 58.1 Å². The largest absolute Gasteiger partial charge is 0.319 e. The number of rotatable bonds is 3. The van der Waals surface area contributed by atoms with Crippen LogP contribution in [0.1, 0.15) is 10.8 Å². The molecule has 1 aliphatic heterocycles. The molecule has 0 spiro atoms. The van der Waals surface area contributed by atoms with E-state index in [9.17, 15) is 14.9 Å². The molecular formula is C15H12N2O3S. The number of anilines is 1. The maximum Gasteiger partial charge on any atom is 0.293 e. The Balaban J connectivity index is 2.22. The van der Waals surface area contributed by atoms with E-state index >= 15 is 0 Å². The normalized spacial score (nSPS) is 16.4. The summed E-state index contributed by atoms with van der Waals surface area (Å²) < 4.78 is 0. The molecule has 0 bridgehead atoms. The van der Waals surface area contributed by atoms with Gasteiger partial charge in [0.2, 0.25) is 5.91 Å². The lowest BCUT2D eigenvalue weighted by atomic mass is 10.0. The molecule has 1 heterocycles. The summed E-state index contributed by atoms with van der Waals surface area (Å²) in [7, 11) is 0. The van der Waals surface area contributed by atoms with E-state index in [2.05, 4.69) is 5.32 Å². The first-order valence-corrected chi connectivity index (χ1v) is 7.62. The van der Waals surface area contributed by atoms with E-state index in [-0.39, 0.29) is 11.6 Å². The fourth-order valence-electron chi connectivity index (χ4n) is 2.50. The van der Waals surface area contributed by atoms with Crippen LogP contribution in [0.5, 0.6) is 0 Å². The minimum Gasteiger partial charge on any atom is -0.319 e. The van der Waals surface area contributed by atoms with Gasteiger partial charge in [-0.05, 0) is 23.4 Å². The van der Waals surface area contributed by atoms with Crippen molar-refractivity contribution in [3.8, 4) is 11.1 Å². The van der Waals surface area contributed by atoms with Gasteiger partial charge in [0.1, 0.15) is 10.9 Å². The van der Waals surface area contributed by atoms with Gasteiger partial charge in [-0.25, -0.2) is 0 Å². The highest BCUT2D eigenvalue weighted by Gasteiger charge is 2.35. The molecule has 6 heteroatoms. The van der Waals surface area contributed by atoms with Crippen molar-refractivity contribution in [1.82, 2.24) is 0 Å². The molecule has 1 aliphatic rings. The molecule has 0 aromatic heterocycles. The van der Waals surface area contributed by atoms with Crippen molar-refractivity contribution in [3.63, 3.8) is 0 Å². The maximum absolute atomic E-state index is 11.9. The number of nitrogens with one attached hydrogen (secondary N) is 1. The molecule has 0 saturated heterocycles. The molecule has 21 heavy (non-hydrogen) atoms. The fourth-order valence-corrected chi connectivity index (χ4v) is 3.21. The number of thioether (sulfide) groups is 1. The Morgan fingerprint density at radius 3 is 2.52 bits per heavy atom. The van der Waals surface area contributed by atoms with E-state index in [4.69, 9.17) is 0 Å². The number of carbonyl (C=O) groups excluding carboxylic acids is 1. The number of hydrogen-bond donors (Lipinski definition) is 1. The average Bonchev–Trinajstić information content (AvgIpc) is 2.82. The number of carbonyl (C=O) groups is 1. The zero-order valence-electron chi connectivity index (χ0n) is 11.2. The first-order valence-electron chi connectivity index (χ1n) is 6.33. The zero-order chi connectivity index (χ0) is 15.0. The highest BCUT2D eigenvalue weighted by molar-refractivity contribution is 7.99. The topological polar surface area (TPSA) is 72.2 Å². The molecule has 3 rings (SSSR count). The van der Waals surface area contributed by atoms with Gasteiger partial charge in [-0.1, -0.05) is 30.3 Å². The molecule has 2 aromatic rings. The van der Waals surface area contributed by atoms with Crippen LogP contribution in [-0.4, -0.2) is 17.1 Å². The van der Waals surface area contributed by atoms with Gasteiger partial charge < -0.3 is 5.32 Å². The van der Waals surface area contributed by atoms with Crippen molar-refractivity contribution < 1.29 is 9.72 Å². The minimum absolute atomic E-state index is 0.0590. The van der Waals surface area contributed by atoms with Crippen molar-refractivity contribution in [2.75, 3.05) is 11.6 Å². The lowest BCUT2D eigenvalue weighted by Crippen LogP contribution is -2.08. The molecule has 106 valence electrons. The first-order chi connectivity index (χ1) is 10.1. The van der Waals surface area contributed by atoms with Crippen molar-refractivity contribution in [2.24, 2.45) is 0 Å². The Bertz CT molecular complexity index is 731. The summed E-state index contributed by atoms with van der Waals surface area (Å²) in [4.78, 5) is 22.8. The monoisotopic (exact) mass is 300 g/mol. The third-order valence-corrected chi connectivity index (χ3v) is 4.40. The molecule has 0 saturated carbocycles. The second kappa shape index (κ2) is 5.21. The van der Waals surface area contributed by atoms with Crippen molar-refractivity contribution in [2.45, 2.75) is 5.25 Å². The summed E-state index contributed by atoms with van der Waals surface area (Å²) in [5, 5.41) is 13.5. The molecule has 5 nitrogen and oxygen atoms in total. The number of nitrogens with zero attached hydrogens (tertiary/aromatic N) is 1. The van der Waals surface area contributed by atoms with Gasteiger partial charge in [-0.3, -0.25) is 14.9 Å². The molecule has 1 unspecified atom stereocenters. The van der Waals surface area contributed by atoms with Crippen LogP contribution in [0, 0.1) is 10.1 Å². The Kier molecular flexibility index (Phi) is 3.39. The fraction of sp³-hybridized carbons (Fsp3) is 0.133. The van der Waals surface area contributed by atoms with E-state index in [0.717, 1.165) is 11.1 Å². The smallest absolute Gasteiger partial charge is 0.293 e. The third-order valence-electron chi connectivity index (χ3n) is 3.46. The van der Waals surface area contributed by atoms with E-state index in [0.29, 0.717) is 11.3 Å². The number of benzene rings is 2. The van der Waals surface area contributed by atoms with Crippen LogP contribution in [0.3, 0.4) is 0 Å². The van der Waals surface area contributed by atoms with Crippen molar-refractivity contribution >= 4 is 29.0 Å². The van der Waals surface area contributed by atoms with Gasteiger partial charge in [-0.15, -0.1) is 11.8 Å². The summed E-state index contributed by atoms with van der Waals surface area (Å²) in [6.07, 6.45) is 1.82. The van der Waals surface area contributed by atoms with Gasteiger partial charge >= 0.3 is 0 Å². The predicted molar refractivity (Wildman–Crippen MR) is 83.4 cm³/mol. The average molecular weight is 300 g/mol. The minimum atomic E-state index is -0.450. The standard InChI is InChI=1S/C15H12N2O3S/c1-21-14-11-7-10(9-5-3-2-4-6-9)8-12(17(19)20)13(11)16-15(14)18/h2-8,14H,1H3,(H,16,18). The molecule has 2 aromatic carbocycles. The number of amides is 1. The maximum atomic E-state index is 11.9. The molecule has 1 amide bonds. The molecule has 0 radical (unpaired) electrons. The number of nitro groups is 1. The third kappa shape index (κ3) is 2.27. The Hall–Kier alpha value is -2.34. The van der Waals surface area contributed by atoms with Crippen LogP contribution in [0.15, 0.2) is 42.5 Å². The predicted octanol–water partition coefficient (Wildman–Crippen LogP) is 3.62. The second-order valence-corrected chi connectivity index (χ2v) is 5.63. The second-order valence-electron chi connectivity index (χ2n) is 4.69. The molecule has 1 atom stereocenters. The SMILES string of the molecule is CSC1C(=O)Nc2c1cc(-c1ccccc1)cc2[N+](=O)[O-]. The van der Waals surface area contributed by atoms with Crippen LogP contribution in [0.2, 0.25) is 0 Å². The molecular weight excluding hydrogens is 288 g/mol. The van der Waals surface area contributed by atoms with E-state index < -0.39 is 10.2 Å². The van der Waals surface area contributed by atoms with Crippen LogP contribution < -0.4 is 5.32 Å².